The van der Waals surface area contributed by atoms with Crippen LogP contribution in [0.1, 0.15) is 295 Å². The number of esters is 1. The van der Waals surface area contributed by atoms with E-state index in [1.165, 1.54) is 122 Å². The van der Waals surface area contributed by atoms with Crippen molar-refractivity contribution in [2.45, 2.75) is 359 Å². The molecule has 3 aliphatic rings. The average molecular weight is 1510 g/mol. The number of fused-ring (bicyclic) bond motifs is 2. The zero-order chi connectivity index (χ0) is 77.6. The van der Waals surface area contributed by atoms with Crippen LogP contribution in [0.5, 0.6) is 0 Å². The molecule has 5 rings (SSSR count). The minimum absolute atomic E-state index is 0.0135. The first-order chi connectivity index (χ1) is 51.8. The first-order valence-electron chi connectivity index (χ1n) is 41.5. The Morgan fingerprint density at radius 2 is 1.21 bits per heavy atom. The van der Waals surface area contributed by atoms with Crippen LogP contribution >= 0.6 is 0 Å². The van der Waals surface area contributed by atoms with E-state index in [0.717, 1.165) is 101 Å². The van der Waals surface area contributed by atoms with Gasteiger partial charge in [0.1, 0.15) is 43.2 Å². The second-order valence-corrected chi connectivity index (χ2v) is 30.8. The number of carbonyl (C=O) groups is 7. The molecule has 2 heterocycles. The van der Waals surface area contributed by atoms with Crippen LogP contribution in [-0.4, -0.2) is 171 Å². The van der Waals surface area contributed by atoms with Gasteiger partial charge >= 0.3 is 24.2 Å². The van der Waals surface area contributed by atoms with Crippen molar-refractivity contribution in [3.8, 4) is 0 Å². The molecule has 26 nitrogen and oxygen atoms in total. The summed E-state index contributed by atoms with van der Waals surface area (Å²) in [4.78, 5) is 92.6. The number of nitrogens with one attached hydrogen (secondary N) is 5. The molecule has 0 bridgehead atoms. The van der Waals surface area contributed by atoms with E-state index in [4.69, 9.17) is 29.4 Å². The van der Waals surface area contributed by atoms with E-state index < -0.39 is 104 Å². The van der Waals surface area contributed by atoms with Gasteiger partial charge in [-0.1, -0.05) is 218 Å². The SMILES string of the molecule is CCCCCCCCCCCCCCCCCCCC(=O)O[C@H](CCCCCCCCCCCCCC)[C@@H](O)[C@H](CO[C@H]1OC(CO)[C@H](O)[C@H](O)C1O)NC(=O)OCc1ccc(NC(=O)[C@H](CCCNC(N)=O)CC(=O)[C@@H](NC(=O)OCC2C3CCc4nnn(CCCCC(=O)NC)c4CCC32)C(C)C)cc1. The Morgan fingerprint density at radius 1 is 0.654 bits per heavy atom. The number of unbranched alkanes of at least 4 members (excludes halogenated alkanes) is 28. The van der Waals surface area contributed by atoms with Crippen LogP contribution in [0.4, 0.5) is 20.1 Å². The molecule has 1 aromatic heterocycles. The summed E-state index contributed by atoms with van der Waals surface area (Å²) in [7, 11) is 1.63. The molecule has 0 radical (unpaired) electrons. The lowest BCUT2D eigenvalue weighted by Crippen LogP contribution is -2.60. The Hall–Kier alpha value is -6.03. The molecule has 0 spiro atoms. The first-order valence-corrected chi connectivity index (χ1v) is 41.5. The number of benzene rings is 1. The lowest BCUT2D eigenvalue weighted by Gasteiger charge is -2.40. The molecule has 610 valence electrons. The highest BCUT2D eigenvalue weighted by Gasteiger charge is 2.51. The zero-order valence-electron chi connectivity index (χ0n) is 65.7. The number of aromatic nitrogens is 3. The third-order valence-electron chi connectivity index (χ3n) is 21.8. The van der Waals surface area contributed by atoms with Gasteiger partial charge in [-0.25, -0.2) is 19.1 Å². The molecule has 1 saturated carbocycles. The predicted molar refractivity (Wildman–Crippen MR) is 410 cm³/mol. The fourth-order valence-electron chi connectivity index (χ4n) is 15.0. The number of anilines is 1. The van der Waals surface area contributed by atoms with E-state index in [2.05, 4.69) is 50.7 Å². The highest BCUT2D eigenvalue weighted by Crippen LogP contribution is 2.53. The Balaban J connectivity index is 1.17. The smallest absolute Gasteiger partial charge is 0.407 e. The number of ketones is 1. The number of rotatable bonds is 59. The quantitative estimate of drug-likeness (QED) is 0.0166. The van der Waals surface area contributed by atoms with Gasteiger partial charge in [-0.3, -0.25) is 19.2 Å². The Bertz CT molecular complexity index is 2810. The summed E-state index contributed by atoms with van der Waals surface area (Å²) in [6, 6.07) is 3.35. The third-order valence-corrected chi connectivity index (χ3v) is 21.8. The fourth-order valence-corrected chi connectivity index (χ4v) is 15.0. The molecular formula is C81H139N9O17. The molecule has 2 aliphatic carbocycles. The number of nitrogens with zero attached hydrogens (tertiary/aromatic N) is 3. The van der Waals surface area contributed by atoms with Crippen LogP contribution in [0.3, 0.4) is 0 Å². The summed E-state index contributed by atoms with van der Waals surface area (Å²) < 4.78 is 31.1. The molecule has 107 heavy (non-hydrogen) atoms. The lowest BCUT2D eigenvalue weighted by molar-refractivity contribution is -0.303. The average Bonchev–Trinajstić information content (AvgIpc) is 1.64. The summed E-state index contributed by atoms with van der Waals surface area (Å²) in [6.07, 6.45) is 27.2. The number of aliphatic hydroxyl groups excluding tert-OH is 5. The highest BCUT2D eigenvalue weighted by atomic mass is 16.7. The maximum Gasteiger partial charge on any atom is 0.407 e. The number of primary amides is 1. The molecule has 1 saturated heterocycles. The van der Waals surface area contributed by atoms with Crippen molar-refractivity contribution >= 4 is 47.5 Å². The highest BCUT2D eigenvalue weighted by molar-refractivity contribution is 5.97. The van der Waals surface area contributed by atoms with Crippen molar-refractivity contribution < 1.29 is 82.8 Å². The second-order valence-electron chi connectivity index (χ2n) is 30.8. The summed E-state index contributed by atoms with van der Waals surface area (Å²) in [5.74, 6) is -1.70. The Kier molecular flexibility index (Phi) is 46.0. The lowest BCUT2D eigenvalue weighted by atomic mass is 9.89. The summed E-state index contributed by atoms with van der Waals surface area (Å²) in [5.41, 5.74) is 8.29. The maximum atomic E-state index is 14.2. The largest absolute Gasteiger partial charge is 0.460 e. The van der Waals surface area contributed by atoms with Crippen molar-refractivity contribution in [2.24, 2.45) is 35.3 Å². The van der Waals surface area contributed by atoms with Crippen LogP contribution in [-0.2, 0) is 68.9 Å². The molecule has 2 aromatic rings. The van der Waals surface area contributed by atoms with E-state index in [1.54, 1.807) is 45.2 Å². The monoisotopic (exact) mass is 1510 g/mol. The number of Topliss-reactive ketones (excluding diaryl/α,β-unsaturated/α-hetero) is 1. The molecular weight excluding hydrogens is 1370 g/mol. The molecule has 12 N–H and O–H groups in total. The van der Waals surface area contributed by atoms with Crippen molar-refractivity contribution in [1.29, 1.82) is 0 Å². The molecule has 6 amide bonds. The number of hydrogen-bond acceptors (Lipinski definition) is 19. The minimum Gasteiger partial charge on any atom is -0.460 e. The number of urea groups is 1. The van der Waals surface area contributed by atoms with Gasteiger partial charge in [-0.05, 0) is 112 Å². The number of nitrogens with two attached hydrogens (primary N) is 1. The summed E-state index contributed by atoms with van der Waals surface area (Å²) in [6.45, 7) is 7.53. The molecule has 1 aromatic carbocycles. The third kappa shape index (κ3) is 36.1. The number of hydrogen-bond donors (Lipinski definition) is 11. The number of aryl methyl sites for hydroxylation is 2. The van der Waals surface area contributed by atoms with Crippen LogP contribution in [0.15, 0.2) is 24.3 Å². The molecule has 26 heteroatoms. The number of alkyl carbamates (subject to hydrolysis) is 2. The Labute approximate surface area is 638 Å². The van der Waals surface area contributed by atoms with Gasteiger partial charge < -0.3 is 81.5 Å². The summed E-state index contributed by atoms with van der Waals surface area (Å²) in [5, 5.41) is 76.6. The van der Waals surface area contributed by atoms with Gasteiger partial charge in [0.25, 0.3) is 0 Å². The molecule has 5 unspecified atom stereocenters. The van der Waals surface area contributed by atoms with Crippen LogP contribution in [0, 0.1) is 29.6 Å². The van der Waals surface area contributed by atoms with E-state index in [9.17, 15) is 59.1 Å². The molecule has 13 atom stereocenters. The Morgan fingerprint density at radius 3 is 1.77 bits per heavy atom. The van der Waals surface area contributed by atoms with Crippen LogP contribution in [0.2, 0.25) is 0 Å². The van der Waals surface area contributed by atoms with E-state index >= 15 is 0 Å². The number of ether oxygens (including phenoxy) is 5. The van der Waals surface area contributed by atoms with Crippen molar-refractivity contribution in [2.75, 3.05) is 38.7 Å². The number of carbonyl (C=O) groups excluding carboxylic acids is 7. The van der Waals surface area contributed by atoms with Crippen molar-refractivity contribution in [3.05, 3.63) is 41.2 Å². The minimum atomic E-state index is -1.78. The molecule has 1 aliphatic heterocycles. The second kappa shape index (κ2) is 53.8. The first kappa shape index (κ1) is 91.6. The van der Waals surface area contributed by atoms with Crippen LogP contribution < -0.4 is 32.3 Å². The van der Waals surface area contributed by atoms with Crippen molar-refractivity contribution in [3.63, 3.8) is 0 Å². The van der Waals surface area contributed by atoms with E-state index in [1.807, 2.05) is 4.68 Å². The maximum absolute atomic E-state index is 14.2. The fraction of sp³-hybridized carbons (Fsp3) is 0.815. The summed E-state index contributed by atoms with van der Waals surface area (Å²) >= 11 is 0. The van der Waals surface area contributed by atoms with E-state index in [0.29, 0.717) is 55.3 Å². The topological polar surface area (TPSA) is 384 Å². The number of amides is 6. The van der Waals surface area contributed by atoms with Crippen molar-refractivity contribution in [1.82, 2.24) is 36.3 Å². The van der Waals surface area contributed by atoms with Gasteiger partial charge in [0.15, 0.2) is 12.1 Å². The zero-order valence-corrected chi connectivity index (χ0v) is 65.7. The normalized spacial score (nSPS) is 20.4. The van der Waals surface area contributed by atoms with Gasteiger partial charge in [-0.2, -0.15) is 0 Å². The predicted octanol–water partition coefficient (Wildman–Crippen LogP) is 12.2. The van der Waals surface area contributed by atoms with Gasteiger partial charge in [0.05, 0.1) is 43.3 Å². The van der Waals surface area contributed by atoms with Gasteiger partial charge in [0, 0.05) is 51.0 Å². The standard InChI is InChI=1S/C81H139N9O17/c1-6-8-10-12-14-16-18-20-21-22-23-24-26-28-30-32-34-41-71(94)106-68(39-33-31-29-27-25-19-17-15-13-11-9-7-2)73(95)65(56-103-78-76(98)75(97)74(96)69(53-91)107-78)86-80(101)104-54-58-42-44-60(45-43-58)85-77(99)59(38-37-50-84-79(82)100)52-67(92)72(57(3)4)87-81(102)105-55-63-61-46-48-64-66(49-47-62(61)63)90(89-88-64)51-36-35-40-70(93)83-5/h42-45,57,59,61-63,65,68-69,72-76,78,91,95-98H,6-41,46-56H2,1-5H3,(H,83,93)(H,85,99)(H,86,101)(H,87,102)(H3,82,84,100)/t59-,61?,62?,63?,65+,68-,69?,72+,73+,74+,75+,76?,78+/m1/s1. The van der Waals surface area contributed by atoms with Gasteiger partial charge in [-0.15, -0.1) is 5.10 Å². The van der Waals surface area contributed by atoms with Gasteiger partial charge in [0.2, 0.25) is 11.8 Å². The van der Waals surface area contributed by atoms with E-state index in [-0.39, 0.29) is 69.0 Å². The van der Waals surface area contributed by atoms with Crippen LogP contribution in [0.25, 0.3) is 0 Å². The molecule has 2 fully saturated rings. The number of aliphatic hydroxyl groups is 5.